The van der Waals surface area contributed by atoms with Crippen LogP contribution in [-0.2, 0) is 35.5 Å². The lowest BCUT2D eigenvalue weighted by atomic mass is 9.64. The molecule has 1 heterocycles. The van der Waals surface area contributed by atoms with Gasteiger partial charge in [-0.3, -0.25) is 9.59 Å². The van der Waals surface area contributed by atoms with Gasteiger partial charge in [0, 0.05) is 26.2 Å². The van der Waals surface area contributed by atoms with Gasteiger partial charge in [-0.15, -0.1) is 0 Å². The average Bonchev–Trinajstić information content (AvgIpc) is 2.78. The van der Waals surface area contributed by atoms with Crippen molar-refractivity contribution in [2.75, 3.05) is 32.8 Å². The zero-order valence-electron chi connectivity index (χ0n) is 18.0. The quantitative estimate of drug-likeness (QED) is 0.597. The maximum absolute atomic E-state index is 12.8. The average molecular weight is 457 g/mol. The Morgan fingerprint density at radius 3 is 2.03 bits per heavy atom. The Bertz CT molecular complexity index is 1040. The van der Waals surface area contributed by atoms with Crippen LogP contribution in [0.2, 0.25) is 0 Å². The minimum absolute atomic E-state index is 0.0546. The largest absolute Gasteiger partial charge is 0.455 e. The summed E-state index contributed by atoms with van der Waals surface area (Å²) in [5.74, 6) is -0.700. The molecule has 1 amide bonds. The van der Waals surface area contributed by atoms with Crippen LogP contribution in [0.1, 0.15) is 30.4 Å². The summed E-state index contributed by atoms with van der Waals surface area (Å²) in [6, 6.07) is 18.6. The third-order valence-electron chi connectivity index (χ3n) is 6.43. The number of piperazine rings is 1. The van der Waals surface area contributed by atoms with Crippen molar-refractivity contribution in [1.82, 2.24) is 9.21 Å². The van der Waals surface area contributed by atoms with Gasteiger partial charge in [0.2, 0.25) is 10.0 Å². The van der Waals surface area contributed by atoms with E-state index < -0.39 is 15.4 Å². The van der Waals surface area contributed by atoms with E-state index in [1.807, 2.05) is 48.5 Å². The molecule has 2 aromatic rings. The van der Waals surface area contributed by atoms with Crippen LogP contribution < -0.4 is 0 Å². The van der Waals surface area contributed by atoms with Crippen molar-refractivity contribution in [2.45, 2.75) is 30.4 Å². The molecule has 0 atom stereocenters. The van der Waals surface area contributed by atoms with Crippen LogP contribution in [0.15, 0.2) is 60.7 Å². The summed E-state index contributed by atoms with van der Waals surface area (Å²) in [7, 11) is -3.45. The number of hydrogen-bond donors (Lipinski definition) is 0. The Balaban J connectivity index is 1.28. The Hall–Kier alpha value is -2.71. The predicted molar refractivity (Wildman–Crippen MR) is 120 cm³/mol. The van der Waals surface area contributed by atoms with Crippen molar-refractivity contribution in [3.8, 4) is 0 Å². The minimum Gasteiger partial charge on any atom is -0.455 e. The molecule has 7 nitrogen and oxygen atoms in total. The molecule has 0 aromatic heterocycles. The maximum atomic E-state index is 12.8. The Labute approximate surface area is 189 Å². The van der Waals surface area contributed by atoms with E-state index in [0.29, 0.717) is 0 Å². The Morgan fingerprint density at radius 2 is 1.47 bits per heavy atom. The normalized spacial score (nSPS) is 18.6. The van der Waals surface area contributed by atoms with E-state index in [-0.39, 0.29) is 50.4 Å². The van der Waals surface area contributed by atoms with Gasteiger partial charge >= 0.3 is 5.97 Å². The van der Waals surface area contributed by atoms with Gasteiger partial charge in [-0.1, -0.05) is 67.1 Å². The van der Waals surface area contributed by atoms with Crippen molar-refractivity contribution in [3.05, 3.63) is 71.8 Å². The summed E-state index contributed by atoms with van der Waals surface area (Å²) in [6.07, 6.45) is 2.40. The highest BCUT2D eigenvalue weighted by atomic mass is 32.2. The fraction of sp³-hybridized carbons (Fsp3) is 0.417. The number of sulfonamides is 1. The highest BCUT2D eigenvalue weighted by Crippen LogP contribution is 2.44. The van der Waals surface area contributed by atoms with Crippen LogP contribution in [0.3, 0.4) is 0 Å². The molecule has 2 aromatic carbocycles. The zero-order chi connectivity index (χ0) is 22.6. The van der Waals surface area contributed by atoms with E-state index >= 15 is 0 Å². The smallest absolute Gasteiger partial charge is 0.317 e. The Kier molecular flexibility index (Phi) is 6.62. The molecule has 1 aliphatic carbocycles. The fourth-order valence-corrected chi connectivity index (χ4v) is 5.86. The standard InChI is InChI=1S/C24H28N2O5S/c27-22(18-31-23(28)24(12-7-13-24)21-10-5-2-6-11-21)25-14-16-26(17-15-25)32(29,30)19-20-8-3-1-4-9-20/h1-6,8-11H,7,12-19H2. The lowest BCUT2D eigenvalue weighted by Gasteiger charge is -2.40. The second kappa shape index (κ2) is 9.42. The number of carbonyl (C=O) groups is 2. The molecule has 2 aliphatic rings. The lowest BCUT2D eigenvalue weighted by molar-refractivity contribution is -0.160. The van der Waals surface area contributed by atoms with Gasteiger partial charge in [0.25, 0.3) is 5.91 Å². The number of amides is 1. The molecule has 8 heteroatoms. The summed E-state index contributed by atoms with van der Waals surface area (Å²) in [6.45, 7) is 0.734. The molecule has 0 spiro atoms. The lowest BCUT2D eigenvalue weighted by Crippen LogP contribution is -2.52. The number of benzene rings is 2. The molecular weight excluding hydrogens is 428 g/mol. The molecule has 0 N–H and O–H groups in total. The van der Waals surface area contributed by atoms with Crippen LogP contribution in [0.25, 0.3) is 0 Å². The van der Waals surface area contributed by atoms with Gasteiger partial charge in [0.1, 0.15) is 0 Å². The third kappa shape index (κ3) is 4.71. The van der Waals surface area contributed by atoms with E-state index in [1.54, 1.807) is 17.0 Å². The van der Waals surface area contributed by atoms with Gasteiger partial charge in [0.15, 0.2) is 6.61 Å². The van der Waals surface area contributed by atoms with Crippen molar-refractivity contribution < 1.29 is 22.7 Å². The first-order chi connectivity index (χ1) is 15.4. The van der Waals surface area contributed by atoms with E-state index in [0.717, 1.165) is 30.4 Å². The maximum Gasteiger partial charge on any atom is 0.317 e. The van der Waals surface area contributed by atoms with Gasteiger partial charge in [-0.25, -0.2) is 8.42 Å². The van der Waals surface area contributed by atoms with Crippen molar-refractivity contribution in [3.63, 3.8) is 0 Å². The highest BCUT2D eigenvalue weighted by Gasteiger charge is 2.47. The monoisotopic (exact) mass is 456 g/mol. The fourth-order valence-electron chi connectivity index (χ4n) is 4.35. The topological polar surface area (TPSA) is 84.0 Å². The number of rotatable bonds is 7. The van der Waals surface area contributed by atoms with E-state index in [1.165, 1.54) is 4.31 Å². The van der Waals surface area contributed by atoms with Gasteiger partial charge in [-0.2, -0.15) is 4.31 Å². The van der Waals surface area contributed by atoms with Gasteiger partial charge in [-0.05, 0) is 24.0 Å². The van der Waals surface area contributed by atoms with Crippen LogP contribution in [0, 0.1) is 0 Å². The molecule has 2 fully saturated rings. The van der Waals surface area contributed by atoms with E-state index in [9.17, 15) is 18.0 Å². The number of carbonyl (C=O) groups excluding carboxylic acids is 2. The number of ether oxygens (including phenoxy) is 1. The molecule has 32 heavy (non-hydrogen) atoms. The first-order valence-corrected chi connectivity index (χ1v) is 12.5. The third-order valence-corrected chi connectivity index (χ3v) is 8.28. The molecule has 4 rings (SSSR count). The first kappa shape index (κ1) is 22.5. The molecule has 1 aliphatic heterocycles. The summed E-state index contributed by atoms with van der Waals surface area (Å²) in [4.78, 5) is 27.0. The van der Waals surface area contributed by atoms with Crippen LogP contribution >= 0.6 is 0 Å². The highest BCUT2D eigenvalue weighted by molar-refractivity contribution is 7.88. The van der Waals surface area contributed by atoms with Crippen LogP contribution in [-0.4, -0.2) is 62.3 Å². The molecule has 0 unspecified atom stereocenters. The van der Waals surface area contributed by atoms with Crippen molar-refractivity contribution in [1.29, 1.82) is 0 Å². The number of nitrogens with zero attached hydrogens (tertiary/aromatic N) is 2. The SMILES string of the molecule is O=C(COC(=O)C1(c2ccccc2)CCC1)N1CCN(S(=O)(=O)Cc2ccccc2)CC1. The van der Waals surface area contributed by atoms with E-state index in [2.05, 4.69) is 0 Å². The van der Waals surface area contributed by atoms with Gasteiger partial charge < -0.3 is 9.64 Å². The molecule has 1 saturated heterocycles. The van der Waals surface area contributed by atoms with Gasteiger partial charge in [0.05, 0.1) is 11.2 Å². The minimum atomic E-state index is -3.45. The summed E-state index contributed by atoms with van der Waals surface area (Å²) in [5, 5.41) is 0. The summed E-state index contributed by atoms with van der Waals surface area (Å²) in [5.41, 5.74) is 1.02. The second-order valence-electron chi connectivity index (χ2n) is 8.40. The van der Waals surface area contributed by atoms with Crippen molar-refractivity contribution in [2.24, 2.45) is 0 Å². The molecule has 170 valence electrons. The first-order valence-electron chi connectivity index (χ1n) is 10.9. The van der Waals surface area contributed by atoms with Crippen molar-refractivity contribution >= 4 is 21.9 Å². The van der Waals surface area contributed by atoms with Crippen LogP contribution in [0.5, 0.6) is 0 Å². The molecular formula is C24H28N2O5S. The molecule has 0 radical (unpaired) electrons. The molecule has 0 bridgehead atoms. The summed E-state index contributed by atoms with van der Waals surface area (Å²) < 4.78 is 32.2. The zero-order valence-corrected chi connectivity index (χ0v) is 18.8. The van der Waals surface area contributed by atoms with Crippen LogP contribution in [0.4, 0.5) is 0 Å². The molecule has 1 saturated carbocycles. The Morgan fingerprint density at radius 1 is 0.875 bits per heavy atom. The summed E-state index contributed by atoms with van der Waals surface area (Å²) >= 11 is 0. The number of esters is 1. The number of hydrogen-bond acceptors (Lipinski definition) is 5. The van der Waals surface area contributed by atoms with E-state index in [4.69, 9.17) is 4.74 Å². The predicted octanol–water partition coefficient (Wildman–Crippen LogP) is 2.33. The second-order valence-corrected chi connectivity index (χ2v) is 10.4.